The lowest BCUT2D eigenvalue weighted by Crippen LogP contribution is -2.15. The van der Waals surface area contributed by atoms with Crippen LogP contribution in [0.2, 0.25) is 20.1 Å². The molecule has 0 aliphatic rings. The first-order valence-electron chi connectivity index (χ1n) is 10.5. The number of nitrogens with one attached hydrogen (secondary N) is 2. The minimum Gasteiger partial charge on any atom is -0.492 e. The average Bonchev–Trinajstić information content (AvgIpc) is 3.15. The van der Waals surface area contributed by atoms with Crippen LogP contribution in [0.1, 0.15) is 38.4 Å². The molecule has 1 heterocycles. The van der Waals surface area contributed by atoms with E-state index in [0.29, 0.717) is 33.5 Å². The first kappa shape index (κ1) is 28.1. The van der Waals surface area contributed by atoms with E-state index in [4.69, 9.17) is 55.9 Å². The van der Waals surface area contributed by atoms with Crippen molar-refractivity contribution in [2.45, 2.75) is 19.8 Å². The molecule has 2 amide bonds. The van der Waals surface area contributed by atoms with Gasteiger partial charge in [0.25, 0.3) is 5.91 Å². The van der Waals surface area contributed by atoms with Gasteiger partial charge >= 0.3 is 5.97 Å². The fourth-order valence-electron chi connectivity index (χ4n) is 3.14. The molecule has 12 heteroatoms. The molecular formula is C24H20Cl4N2O5S. The first-order chi connectivity index (χ1) is 17.1. The molecule has 3 aromatic rings. The topological polar surface area (TPSA) is 93.7 Å². The zero-order valence-electron chi connectivity index (χ0n) is 19.0. The van der Waals surface area contributed by atoms with Crippen molar-refractivity contribution < 1.29 is 23.9 Å². The molecule has 2 N–H and O–H groups in total. The summed E-state index contributed by atoms with van der Waals surface area (Å²) in [5.41, 5.74) is 0.772. The summed E-state index contributed by atoms with van der Waals surface area (Å²) in [5.74, 6) is -1.10. The van der Waals surface area contributed by atoms with Crippen molar-refractivity contribution >= 4 is 86.2 Å². The van der Waals surface area contributed by atoms with Crippen LogP contribution in [0, 0.1) is 6.92 Å². The molecule has 3 rings (SSSR count). The second-order valence-electron chi connectivity index (χ2n) is 7.38. The molecule has 190 valence electrons. The second kappa shape index (κ2) is 12.7. The summed E-state index contributed by atoms with van der Waals surface area (Å²) < 4.78 is 10.4. The number of carbonyl (C=O) groups excluding carboxylic acids is 3. The van der Waals surface area contributed by atoms with Crippen molar-refractivity contribution in [2.75, 3.05) is 24.4 Å². The minimum absolute atomic E-state index is 0.0994. The van der Waals surface area contributed by atoms with E-state index in [1.165, 1.54) is 7.11 Å². The lowest BCUT2D eigenvalue weighted by molar-refractivity contribution is -0.116. The normalized spacial score (nSPS) is 10.6. The summed E-state index contributed by atoms with van der Waals surface area (Å²) in [7, 11) is 1.22. The number of amides is 2. The largest absolute Gasteiger partial charge is 0.492 e. The number of rotatable bonds is 9. The molecule has 0 aliphatic carbocycles. The van der Waals surface area contributed by atoms with Gasteiger partial charge in [-0.15, -0.1) is 11.3 Å². The number of ether oxygens (including phenoxy) is 2. The van der Waals surface area contributed by atoms with E-state index in [1.807, 2.05) is 0 Å². The Morgan fingerprint density at radius 1 is 1.00 bits per heavy atom. The van der Waals surface area contributed by atoms with Gasteiger partial charge in [-0.25, -0.2) is 4.79 Å². The van der Waals surface area contributed by atoms with Gasteiger partial charge in [0.2, 0.25) is 5.91 Å². The van der Waals surface area contributed by atoms with Crippen molar-refractivity contribution in [3.8, 4) is 5.75 Å². The van der Waals surface area contributed by atoms with Gasteiger partial charge < -0.3 is 20.1 Å². The van der Waals surface area contributed by atoms with E-state index >= 15 is 0 Å². The summed E-state index contributed by atoms with van der Waals surface area (Å²) >= 11 is 25.1. The number of halogens is 4. The van der Waals surface area contributed by atoms with Gasteiger partial charge in [-0.3, -0.25) is 9.59 Å². The third-order valence-corrected chi connectivity index (χ3v) is 7.45. The number of hydrogen-bond donors (Lipinski definition) is 2. The molecular weight excluding hydrogens is 570 g/mol. The van der Waals surface area contributed by atoms with E-state index in [9.17, 15) is 14.4 Å². The fourth-order valence-corrected chi connectivity index (χ4v) is 5.06. The lowest BCUT2D eigenvalue weighted by atomic mass is 10.1. The number of carbonyl (C=O) groups is 3. The van der Waals surface area contributed by atoms with Gasteiger partial charge in [-0.1, -0.05) is 52.5 Å². The molecule has 0 radical (unpaired) electrons. The molecule has 7 nitrogen and oxygen atoms in total. The predicted octanol–water partition coefficient (Wildman–Crippen LogP) is 7.51. The Hall–Kier alpha value is -2.49. The maximum atomic E-state index is 13.0. The number of hydrogen-bond acceptors (Lipinski definition) is 6. The van der Waals surface area contributed by atoms with Crippen LogP contribution >= 0.6 is 57.7 Å². The van der Waals surface area contributed by atoms with E-state index in [1.54, 1.807) is 43.3 Å². The Morgan fingerprint density at radius 2 is 1.75 bits per heavy atom. The van der Waals surface area contributed by atoms with E-state index in [0.717, 1.165) is 11.3 Å². The van der Waals surface area contributed by atoms with E-state index < -0.39 is 11.9 Å². The second-order valence-corrected chi connectivity index (χ2v) is 10.0. The summed E-state index contributed by atoms with van der Waals surface area (Å²) in [5, 5.41) is 6.90. The van der Waals surface area contributed by atoms with Crippen molar-refractivity contribution in [2.24, 2.45) is 0 Å². The summed E-state index contributed by atoms with van der Waals surface area (Å²) in [6, 6.07) is 9.68. The number of anilines is 2. The smallest absolute Gasteiger partial charge is 0.341 e. The maximum absolute atomic E-state index is 13.0. The molecule has 2 aromatic carbocycles. The summed E-state index contributed by atoms with van der Waals surface area (Å²) in [4.78, 5) is 38.2. The van der Waals surface area contributed by atoms with Crippen LogP contribution in [-0.2, 0) is 9.53 Å². The molecule has 0 saturated carbocycles. The Labute approximate surface area is 231 Å². The molecule has 1 aromatic heterocycles. The highest BCUT2D eigenvalue weighted by molar-refractivity contribution is 7.19. The SMILES string of the molecule is COC(=O)c1c(NC(=O)CCCOc2ccc(Cl)cc2Cl)sc(C(=O)Nc2cccc(Cl)c2Cl)c1C. The van der Waals surface area contributed by atoms with Gasteiger partial charge in [0, 0.05) is 11.4 Å². The van der Waals surface area contributed by atoms with Crippen molar-refractivity contribution in [1.29, 1.82) is 0 Å². The van der Waals surface area contributed by atoms with Gasteiger partial charge in [0.1, 0.15) is 10.8 Å². The highest BCUT2D eigenvalue weighted by atomic mass is 35.5. The van der Waals surface area contributed by atoms with Gasteiger partial charge in [0.05, 0.1) is 44.9 Å². The van der Waals surface area contributed by atoms with Crippen LogP contribution in [0.25, 0.3) is 0 Å². The predicted molar refractivity (Wildman–Crippen MR) is 145 cm³/mol. The first-order valence-corrected chi connectivity index (χ1v) is 12.8. The number of methoxy groups -OCH3 is 1. The van der Waals surface area contributed by atoms with Gasteiger partial charge in [0.15, 0.2) is 0 Å². The fraction of sp³-hybridized carbons (Fsp3) is 0.208. The van der Waals surface area contributed by atoms with Gasteiger partial charge in [-0.2, -0.15) is 0 Å². The molecule has 0 unspecified atom stereocenters. The lowest BCUT2D eigenvalue weighted by Gasteiger charge is -2.09. The highest BCUT2D eigenvalue weighted by Gasteiger charge is 2.26. The molecule has 0 bridgehead atoms. The number of thiophene rings is 1. The maximum Gasteiger partial charge on any atom is 0.341 e. The summed E-state index contributed by atoms with van der Waals surface area (Å²) in [6.07, 6.45) is 0.478. The van der Waals surface area contributed by atoms with Crippen LogP contribution in [0.15, 0.2) is 36.4 Å². The Balaban J connectivity index is 1.69. The standard InChI is InChI=1S/C24H20Cl4N2O5S/c1-12-19(24(33)34-2)23(36-21(12)22(32)29-16-6-3-5-14(26)20(16)28)30-18(31)7-4-10-35-17-9-8-13(25)11-15(17)27/h3,5-6,8-9,11H,4,7,10H2,1-2H3,(H,29,32)(H,30,31). The van der Waals surface area contributed by atoms with Crippen LogP contribution in [0.4, 0.5) is 10.7 Å². The third kappa shape index (κ3) is 6.83. The van der Waals surface area contributed by atoms with E-state index in [-0.39, 0.29) is 44.4 Å². The Bertz CT molecular complexity index is 1310. The minimum atomic E-state index is -0.681. The molecule has 0 saturated heterocycles. The quantitative estimate of drug-likeness (QED) is 0.199. The molecule has 0 aliphatic heterocycles. The monoisotopic (exact) mass is 588 g/mol. The van der Waals surface area contributed by atoms with Crippen LogP contribution < -0.4 is 15.4 Å². The zero-order chi connectivity index (χ0) is 26.4. The van der Waals surface area contributed by atoms with Crippen LogP contribution in [0.5, 0.6) is 5.75 Å². The van der Waals surface area contributed by atoms with Gasteiger partial charge in [-0.05, 0) is 49.2 Å². The van der Waals surface area contributed by atoms with Crippen molar-refractivity contribution in [1.82, 2.24) is 0 Å². The Morgan fingerprint density at radius 3 is 2.44 bits per heavy atom. The van der Waals surface area contributed by atoms with Crippen molar-refractivity contribution in [3.05, 3.63) is 72.5 Å². The van der Waals surface area contributed by atoms with Crippen LogP contribution in [-0.4, -0.2) is 31.5 Å². The Kier molecular flexibility index (Phi) is 9.87. The zero-order valence-corrected chi connectivity index (χ0v) is 22.9. The average molecular weight is 590 g/mol. The number of esters is 1. The third-order valence-electron chi connectivity index (χ3n) is 4.89. The summed E-state index contributed by atoms with van der Waals surface area (Å²) in [6.45, 7) is 1.83. The van der Waals surface area contributed by atoms with E-state index in [2.05, 4.69) is 10.6 Å². The molecule has 0 atom stereocenters. The highest BCUT2D eigenvalue weighted by Crippen LogP contribution is 2.36. The van der Waals surface area contributed by atoms with Crippen LogP contribution in [0.3, 0.4) is 0 Å². The molecule has 0 spiro atoms. The van der Waals surface area contributed by atoms with Crippen molar-refractivity contribution in [3.63, 3.8) is 0 Å². The number of benzene rings is 2. The molecule has 0 fully saturated rings. The molecule has 36 heavy (non-hydrogen) atoms.